The molecule has 0 atom stereocenters. The molecule has 0 saturated carbocycles. The van der Waals surface area contributed by atoms with Crippen LogP contribution in [0.4, 0.5) is 0 Å². The van der Waals surface area contributed by atoms with Crippen molar-refractivity contribution in [3.8, 4) is 11.8 Å². The highest BCUT2D eigenvalue weighted by Gasteiger charge is 1.92. The predicted molar refractivity (Wildman–Crippen MR) is 49.6 cm³/mol. The average Bonchev–Trinajstić information content (AvgIpc) is 2.37. The first kappa shape index (κ1) is 8.32. The number of nitrogens with two attached hydrogens (primary N) is 1. The van der Waals surface area contributed by atoms with Crippen molar-refractivity contribution in [1.82, 2.24) is 0 Å². The first-order valence-corrected chi connectivity index (χ1v) is 4.45. The van der Waals surface area contributed by atoms with E-state index >= 15 is 0 Å². The van der Waals surface area contributed by atoms with E-state index in [9.17, 15) is 0 Å². The van der Waals surface area contributed by atoms with Gasteiger partial charge in [0.15, 0.2) is 0 Å². The highest BCUT2D eigenvalue weighted by atomic mass is 32.1. The smallest absolute Gasteiger partial charge is 0.0381 e. The first-order valence-electron chi connectivity index (χ1n) is 3.57. The molecule has 0 bridgehead atoms. The number of rotatable bonds is 1. The van der Waals surface area contributed by atoms with Crippen LogP contribution in [-0.2, 0) is 0 Å². The molecule has 58 valence electrons. The zero-order valence-corrected chi connectivity index (χ0v) is 7.37. The van der Waals surface area contributed by atoms with Gasteiger partial charge in [0.25, 0.3) is 0 Å². The van der Waals surface area contributed by atoms with Crippen LogP contribution < -0.4 is 5.73 Å². The second-order valence-electron chi connectivity index (χ2n) is 2.23. The van der Waals surface area contributed by atoms with E-state index < -0.39 is 0 Å². The molecular weight excluding hydrogens is 154 g/mol. The molecule has 0 amide bonds. The minimum atomic E-state index is 0.649. The largest absolute Gasteiger partial charge is 0.330 e. The third-order valence-corrected chi connectivity index (χ3v) is 2.20. The minimum Gasteiger partial charge on any atom is -0.330 e. The van der Waals surface area contributed by atoms with Crippen molar-refractivity contribution in [2.45, 2.75) is 13.3 Å². The minimum absolute atomic E-state index is 0.649. The van der Waals surface area contributed by atoms with Crippen LogP contribution in [0.2, 0.25) is 0 Å². The second-order valence-corrected chi connectivity index (χ2v) is 3.35. The topological polar surface area (TPSA) is 26.0 Å². The quantitative estimate of drug-likeness (QED) is 0.630. The van der Waals surface area contributed by atoms with Crippen LogP contribution >= 0.6 is 11.3 Å². The van der Waals surface area contributed by atoms with Gasteiger partial charge in [0.1, 0.15) is 0 Å². The number of hydrogen-bond acceptors (Lipinski definition) is 2. The molecular formula is C9H11NS. The van der Waals surface area contributed by atoms with E-state index in [2.05, 4.69) is 24.1 Å². The van der Waals surface area contributed by atoms with Gasteiger partial charge in [-0.15, -0.1) is 11.3 Å². The lowest BCUT2D eigenvalue weighted by molar-refractivity contribution is 1.03. The summed E-state index contributed by atoms with van der Waals surface area (Å²) in [6.45, 7) is 2.73. The van der Waals surface area contributed by atoms with Gasteiger partial charge in [-0.3, -0.25) is 0 Å². The van der Waals surface area contributed by atoms with E-state index in [4.69, 9.17) is 5.73 Å². The van der Waals surface area contributed by atoms with E-state index in [-0.39, 0.29) is 0 Å². The van der Waals surface area contributed by atoms with Crippen molar-refractivity contribution in [2.75, 3.05) is 6.54 Å². The Morgan fingerprint density at radius 3 is 3.00 bits per heavy atom. The maximum Gasteiger partial charge on any atom is 0.0381 e. The lowest BCUT2D eigenvalue weighted by atomic mass is 10.2. The molecule has 1 nitrogen and oxygen atoms in total. The lowest BCUT2D eigenvalue weighted by Gasteiger charge is -1.83. The zero-order chi connectivity index (χ0) is 8.10. The molecule has 0 aromatic carbocycles. The summed E-state index contributed by atoms with van der Waals surface area (Å²) in [5, 5.41) is 2.06. The molecule has 1 aromatic heterocycles. The van der Waals surface area contributed by atoms with E-state index in [0.29, 0.717) is 6.54 Å². The Kier molecular flexibility index (Phi) is 3.15. The van der Waals surface area contributed by atoms with Crippen molar-refractivity contribution in [3.05, 3.63) is 21.9 Å². The molecule has 0 radical (unpaired) electrons. The molecule has 0 fully saturated rings. The predicted octanol–water partition coefficient (Wildman–Crippen LogP) is 1.76. The number of hydrogen-bond donors (Lipinski definition) is 1. The fraction of sp³-hybridized carbons (Fsp3) is 0.333. The molecule has 0 unspecified atom stereocenters. The Hall–Kier alpha value is -0.780. The fourth-order valence-electron chi connectivity index (χ4n) is 0.745. The summed E-state index contributed by atoms with van der Waals surface area (Å²) in [7, 11) is 0. The molecule has 0 aliphatic carbocycles. The Morgan fingerprint density at radius 2 is 2.45 bits per heavy atom. The van der Waals surface area contributed by atoms with Crippen molar-refractivity contribution in [1.29, 1.82) is 0 Å². The van der Waals surface area contributed by atoms with Gasteiger partial charge in [-0.05, 0) is 18.4 Å². The van der Waals surface area contributed by atoms with Gasteiger partial charge < -0.3 is 5.73 Å². The van der Waals surface area contributed by atoms with E-state index in [1.54, 1.807) is 11.3 Å². The Labute approximate surface area is 71.2 Å². The summed E-state index contributed by atoms with van der Waals surface area (Å²) < 4.78 is 0. The molecule has 1 heterocycles. The van der Waals surface area contributed by atoms with E-state index in [1.807, 2.05) is 6.07 Å². The Bertz CT molecular complexity index is 277. The van der Waals surface area contributed by atoms with E-state index in [1.165, 1.54) is 4.88 Å². The monoisotopic (exact) mass is 165 g/mol. The van der Waals surface area contributed by atoms with Crippen molar-refractivity contribution in [3.63, 3.8) is 0 Å². The summed E-state index contributed by atoms with van der Waals surface area (Å²) in [6.07, 6.45) is 0.787. The first-order chi connectivity index (χ1) is 5.34. The van der Waals surface area contributed by atoms with Crippen LogP contribution in [0.25, 0.3) is 0 Å². The maximum atomic E-state index is 5.31. The van der Waals surface area contributed by atoms with Gasteiger partial charge in [-0.1, -0.05) is 11.8 Å². The van der Waals surface area contributed by atoms with Crippen molar-refractivity contribution >= 4 is 11.3 Å². The van der Waals surface area contributed by atoms with Gasteiger partial charge in [0.2, 0.25) is 0 Å². The van der Waals surface area contributed by atoms with Gasteiger partial charge in [-0.25, -0.2) is 0 Å². The van der Waals surface area contributed by atoms with Gasteiger partial charge in [-0.2, -0.15) is 0 Å². The molecule has 2 N–H and O–H groups in total. The summed E-state index contributed by atoms with van der Waals surface area (Å²) in [5.74, 6) is 6.08. The molecule has 1 rings (SSSR count). The molecule has 0 saturated heterocycles. The Balaban J connectivity index is 2.65. The summed E-state index contributed by atoms with van der Waals surface area (Å²) in [5.41, 5.74) is 6.45. The SMILES string of the molecule is Cc1sccc1C#CCCN. The van der Waals surface area contributed by atoms with Gasteiger partial charge in [0, 0.05) is 23.4 Å². The highest BCUT2D eigenvalue weighted by molar-refractivity contribution is 7.10. The van der Waals surface area contributed by atoms with Gasteiger partial charge >= 0.3 is 0 Å². The zero-order valence-electron chi connectivity index (χ0n) is 6.55. The molecule has 1 aromatic rings. The lowest BCUT2D eigenvalue weighted by Crippen LogP contribution is -1.95. The van der Waals surface area contributed by atoms with Crippen LogP contribution in [0.5, 0.6) is 0 Å². The van der Waals surface area contributed by atoms with Crippen molar-refractivity contribution < 1.29 is 0 Å². The molecule has 0 spiro atoms. The average molecular weight is 165 g/mol. The van der Waals surface area contributed by atoms with Gasteiger partial charge in [0.05, 0.1) is 0 Å². The summed E-state index contributed by atoms with van der Waals surface area (Å²) in [4.78, 5) is 1.29. The van der Waals surface area contributed by atoms with Crippen LogP contribution in [-0.4, -0.2) is 6.54 Å². The second kappa shape index (κ2) is 4.17. The van der Waals surface area contributed by atoms with Crippen LogP contribution in [0.15, 0.2) is 11.4 Å². The standard InChI is InChI=1S/C9H11NS/c1-8-9(5-7-11-8)4-2-3-6-10/h5,7H,3,6,10H2,1H3. The van der Waals surface area contributed by atoms with Crippen LogP contribution in [0, 0.1) is 18.8 Å². The maximum absolute atomic E-state index is 5.31. The highest BCUT2D eigenvalue weighted by Crippen LogP contribution is 2.12. The molecule has 2 heteroatoms. The molecule has 0 aliphatic heterocycles. The van der Waals surface area contributed by atoms with Crippen LogP contribution in [0.3, 0.4) is 0 Å². The number of thiophene rings is 1. The fourth-order valence-corrected chi connectivity index (χ4v) is 1.40. The third kappa shape index (κ3) is 2.38. The van der Waals surface area contributed by atoms with Crippen LogP contribution in [0.1, 0.15) is 16.9 Å². The van der Waals surface area contributed by atoms with E-state index in [0.717, 1.165) is 12.0 Å². The normalized spacial score (nSPS) is 8.91. The molecule has 11 heavy (non-hydrogen) atoms. The molecule has 0 aliphatic rings. The third-order valence-electron chi connectivity index (χ3n) is 1.35. The Morgan fingerprint density at radius 1 is 1.64 bits per heavy atom. The summed E-state index contributed by atoms with van der Waals surface area (Å²) in [6, 6.07) is 2.05. The van der Waals surface area contributed by atoms with Crippen molar-refractivity contribution in [2.24, 2.45) is 5.73 Å². The number of aryl methyl sites for hydroxylation is 1. The summed E-state index contributed by atoms with van der Waals surface area (Å²) >= 11 is 1.73.